The second kappa shape index (κ2) is 6.93. The van der Waals surface area contributed by atoms with Crippen molar-refractivity contribution in [1.29, 1.82) is 0 Å². The Labute approximate surface area is 142 Å². The zero-order valence-corrected chi connectivity index (χ0v) is 14.4. The summed E-state index contributed by atoms with van der Waals surface area (Å²) in [6.45, 7) is 6.62. The van der Waals surface area contributed by atoms with Crippen LogP contribution in [0.25, 0.3) is 0 Å². The van der Waals surface area contributed by atoms with Crippen molar-refractivity contribution in [2.75, 3.05) is 24.5 Å². The van der Waals surface area contributed by atoms with Gasteiger partial charge in [0.2, 0.25) is 11.8 Å². The van der Waals surface area contributed by atoms with E-state index in [0.717, 1.165) is 12.2 Å². The van der Waals surface area contributed by atoms with Gasteiger partial charge in [-0.05, 0) is 18.8 Å². The normalized spacial score (nSPS) is 22.7. The molecule has 3 heterocycles. The van der Waals surface area contributed by atoms with E-state index in [9.17, 15) is 14.7 Å². The number of aliphatic hydroxyl groups excluding tert-OH is 1. The van der Waals surface area contributed by atoms with Crippen LogP contribution in [-0.2, 0) is 16.1 Å². The number of hydrogen-bond donors (Lipinski definition) is 1. The third kappa shape index (κ3) is 3.61. The van der Waals surface area contributed by atoms with Gasteiger partial charge >= 0.3 is 0 Å². The highest BCUT2D eigenvalue weighted by Gasteiger charge is 2.38. The summed E-state index contributed by atoms with van der Waals surface area (Å²) in [5.74, 6) is 0.207. The molecule has 2 aliphatic heterocycles. The molecule has 2 aliphatic rings. The first-order chi connectivity index (χ1) is 11.4. The van der Waals surface area contributed by atoms with Gasteiger partial charge in [-0.2, -0.15) is 5.10 Å². The maximum absolute atomic E-state index is 12.6. The van der Waals surface area contributed by atoms with E-state index in [4.69, 9.17) is 0 Å². The van der Waals surface area contributed by atoms with Crippen LogP contribution in [0, 0.1) is 11.8 Å². The number of likely N-dealkylation sites (tertiary alicyclic amines) is 1. The molecule has 0 saturated carbocycles. The molecule has 2 fully saturated rings. The van der Waals surface area contributed by atoms with Crippen molar-refractivity contribution in [2.24, 2.45) is 11.8 Å². The highest BCUT2D eigenvalue weighted by atomic mass is 16.3. The van der Waals surface area contributed by atoms with Gasteiger partial charge < -0.3 is 14.9 Å². The number of carbonyl (C=O) groups is 2. The number of hydrogen-bond acceptors (Lipinski definition) is 4. The molecule has 1 atom stereocenters. The Bertz CT molecular complexity index is 605. The van der Waals surface area contributed by atoms with E-state index >= 15 is 0 Å². The molecule has 7 nitrogen and oxygen atoms in total. The van der Waals surface area contributed by atoms with Gasteiger partial charge in [0.15, 0.2) is 0 Å². The second-order valence-electron chi connectivity index (χ2n) is 7.28. The maximum Gasteiger partial charge on any atom is 0.228 e. The van der Waals surface area contributed by atoms with Crippen molar-refractivity contribution in [3.8, 4) is 0 Å². The third-order valence-corrected chi connectivity index (χ3v) is 4.73. The van der Waals surface area contributed by atoms with Crippen molar-refractivity contribution in [3.63, 3.8) is 0 Å². The molecule has 132 valence electrons. The molecule has 2 amide bonds. The summed E-state index contributed by atoms with van der Waals surface area (Å²) < 4.78 is 1.84. The van der Waals surface area contributed by atoms with Gasteiger partial charge in [0.05, 0.1) is 23.9 Å². The maximum atomic E-state index is 12.6. The topological polar surface area (TPSA) is 78.7 Å². The zero-order valence-electron chi connectivity index (χ0n) is 14.4. The fourth-order valence-electron chi connectivity index (χ4n) is 3.43. The number of anilines is 1. The molecule has 0 aromatic carbocycles. The van der Waals surface area contributed by atoms with Gasteiger partial charge in [0, 0.05) is 38.8 Å². The van der Waals surface area contributed by atoms with E-state index < -0.39 is 0 Å². The van der Waals surface area contributed by atoms with Crippen LogP contribution >= 0.6 is 0 Å². The zero-order chi connectivity index (χ0) is 17.3. The molecule has 0 unspecified atom stereocenters. The minimum absolute atomic E-state index is 0.0190. The molecule has 2 saturated heterocycles. The summed E-state index contributed by atoms with van der Waals surface area (Å²) in [4.78, 5) is 28.4. The third-order valence-electron chi connectivity index (χ3n) is 4.73. The predicted octanol–water partition coefficient (Wildman–Crippen LogP) is 0.875. The molecular formula is C17H26N4O3. The van der Waals surface area contributed by atoms with Gasteiger partial charge in [-0.3, -0.25) is 14.3 Å². The van der Waals surface area contributed by atoms with Crippen molar-refractivity contribution in [2.45, 2.75) is 45.8 Å². The van der Waals surface area contributed by atoms with Gasteiger partial charge in [0.1, 0.15) is 0 Å². The van der Waals surface area contributed by atoms with Crippen LogP contribution in [0.4, 0.5) is 5.69 Å². The van der Waals surface area contributed by atoms with E-state index in [1.54, 1.807) is 16.0 Å². The van der Waals surface area contributed by atoms with Crippen molar-refractivity contribution in [3.05, 3.63) is 12.4 Å². The first kappa shape index (κ1) is 17.0. The number of aliphatic hydroxyl groups is 1. The van der Waals surface area contributed by atoms with Crippen LogP contribution in [0.2, 0.25) is 0 Å². The molecule has 0 bridgehead atoms. The lowest BCUT2D eigenvalue weighted by molar-refractivity contribution is -0.137. The Kier molecular flexibility index (Phi) is 4.89. The average Bonchev–Trinajstić information content (AvgIpc) is 3.13. The molecule has 0 aliphatic carbocycles. The number of nitrogens with zero attached hydrogens (tertiary/aromatic N) is 4. The van der Waals surface area contributed by atoms with Gasteiger partial charge in [-0.25, -0.2) is 0 Å². The summed E-state index contributed by atoms with van der Waals surface area (Å²) in [7, 11) is 0. The van der Waals surface area contributed by atoms with E-state index in [2.05, 4.69) is 18.9 Å². The Morgan fingerprint density at radius 3 is 2.75 bits per heavy atom. The summed E-state index contributed by atoms with van der Waals surface area (Å²) in [6.07, 6.45) is 4.78. The second-order valence-corrected chi connectivity index (χ2v) is 7.28. The molecule has 24 heavy (non-hydrogen) atoms. The highest BCUT2D eigenvalue weighted by Crippen LogP contribution is 2.27. The first-order valence-electron chi connectivity index (χ1n) is 8.73. The summed E-state index contributed by atoms with van der Waals surface area (Å²) >= 11 is 0. The first-order valence-corrected chi connectivity index (χ1v) is 8.73. The van der Waals surface area contributed by atoms with Gasteiger partial charge in [-0.1, -0.05) is 13.8 Å². The number of carbonyl (C=O) groups excluding carboxylic acids is 2. The largest absolute Gasteiger partial charge is 0.393 e. The van der Waals surface area contributed by atoms with Crippen LogP contribution < -0.4 is 4.90 Å². The SMILES string of the molecule is CC(C)Cn1cc(N2C[C@@H](C(=O)N3CCC(O)CC3)CC2=O)cn1. The Balaban J connectivity index is 1.63. The van der Waals surface area contributed by atoms with Crippen molar-refractivity contribution >= 4 is 17.5 Å². The molecule has 1 aromatic heterocycles. The molecule has 0 radical (unpaired) electrons. The van der Waals surface area contributed by atoms with Crippen LogP contribution in [0.1, 0.15) is 33.1 Å². The van der Waals surface area contributed by atoms with Crippen LogP contribution in [0.15, 0.2) is 12.4 Å². The highest BCUT2D eigenvalue weighted by molar-refractivity contribution is 6.00. The Morgan fingerprint density at radius 2 is 2.08 bits per heavy atom. The van der Waals surface area contributed by atoms with Crippen LogP contribution in [0.5, 0.6) is 0 Å². The van der Waals surface area contributed by atoms with E-state index in [-0.39, 0.29) is 30.3 Å². The van der Waals surface area contributed by atoms with Crippen LogP contribution in [-0.4, -0.2) is 57.3 Å². The standard InChI is InChI=1S/C17H26N4O3/c1-12(2)9-20-11-14(8-18-20)21-10-13(7-16(21)23)17(24)19-5-3-15(22)4-6-19/h8,11-13,15,22H,3-7,9-10H2,1-2H3/t13-/m0/s1. The molecular weight excluding hydrogens is 308 g/mol. The molecule has 0 spiro atoms. The summed E-state index contributed by atoms with van der Waals surface area (Å²) in [5.41, 5.74) is 0.769. The molecule has 7 heteroatoms. The lowest BCUT2D eigenvalue weighted by atomic mass is 10.0. The minimum atomic E-state index is -0.303. The molecule has 3 rings (SSSR count). The summed E-state index contributed by atoms with van der Waals surface area (Å²) in [6, 6.07) is 0. The molecule has 1 N–H and O–H groups in total. The van der Waals surface area contributed by atoms with Crippen molar-refractivity contribution < 1.29 is 14.7 Å². The van der Waals surface area contributed by atoms with E-state index in [0.29, 0.717) is 38.4 Å². The van der Waals surface area contributed by atoms with Crippen LogP contribution in [0.3, 0.4) is 0 Å². The monoisotopic (exact) mass is 334 g/mol. The number of rotatable bonds is 4. The average molecular weight is 334 g/mol. The Hall–Kier alpha value is -1.89. The lowest BCUT2D eigenvalue weighted by Gasteiger charge is -2.31. The lowest BCUT2D eigenvalue weighted by Crippen LogP contribution is -2.43. The van der Waals surface area contributed by atoms with E-state index in [1.165, 1.54) is 0 Å². The smallest absolute Gasteiger partial charge is 0.228 e. The fraction of sp³-hybridized carbons (Fsp3) is 0.706. The minimum Gasteiger partial charge on any atom is -0.393 e. The number of piperidine rings is 1. The van der Waals surface area contributed by atoms with Crippen molar-refractivity contribution in [1.82, 2.24) is 14.7 Å². The molecule has 1 aromatic rings. The number of amides is 2. The number of aromatic nitrogens is 2. The predicted molar refractivity (Wildman–Crippen MR) is 89.3 cm³/mol. The summed E-state index contributed by atoms with van der Waals surface area (Å²) in [5, 5.41) is 13.9. The van der Waals surface area contributed by atoms with Gasteiger partial charge in [-0.15, -0.1) is 0 Å². The Morgan fingerprint density at radius 1 is 1.38 bits per heavy atom. The van der Waals surface area contributed by atoms with E-state index in [1.807, 2.05) is 10.9 Å². The fourth-order valence-corrected chi connectivity index (χ4v) is 3.43. The quantitative estimate of drug-likeness (QED) is 0.886. The van der Waals surface area contributed by atoms with Gasteiger partial charge in [0.25, 0.3) is 0 Å².